The largest absolute Gasteiger partial charge is 0.344 e. The highest BCUT2D eigenvalue weighted by molar-refractivity contribution is 5.83. The molecule has 0 radical (unpaired) electrons. The lowest BCUT2D eigenvalue weighted by Gasteiger charge is -2.28. The van der Waals surface area contributed by atoms with E-state index >= 15 is 0 Å². The van der Waals surface area contributed by atoms with Crippen LogP contribution in [0.1, 0.15) is 22.7 Å². The first-order valence-electron chi connectivity index (χ1n) is 7.44. The third-order valence-electron chi connectivity index (χ3n) is 3.78. The molecule has 1 aromatic carbocycles. The number of rotatable bonds is 6. The van der Waals surface area contributed by atoms with Gasteiger partial charge in [0.2, 0.25) is 5.91 Å². The number of carbonyl (C=O) groups is 1. The zero-order valence-corrected chi connectivity index (χ0v) is 13.7. The molecule has 0 aliphatic heterocycles. The SMILES string of the molecule is Cc1cccc([C@H](C(=O)N(C)CCc2cn[nH]c2)N(C)C)c1. The molecule has 1 heterocycles. The van der Waals surface area contributed by atoms with Crippen LogP contribution in [0, 0.1) is 6.92 Å². The average Bonchev–Trinajstić information content (AvgIpc) is 2.97. The van der Waals surface area contributed by atoms with Gasteiger partial charge in [-0.1, -0.05) is 29.8 Å². The maximum Gasteiger partial charge on any atom is 0.244 e. The summed E-state index contributed by atoms with van der Waals surface area (Å²) < 4.78 is 0. The van der Waals surface area contributed by atoms with Gasteiger partial charge in [-0.2, -0.15) is 5.10 Å². The van der Waals surface area contributed by atoms with Gasteiger partial charge in [0.05, 0.1) is 6.20 Å². The summed E-state index contributed by atoms with van der Waals surface area (Å²) in [5, 5.41) is 6.72. The molecule has 2 rings (SSSR count). The van der Waals surface area contributed by atoms with Crippen molar-refractivity contribution in [2.24, 2.45) is 0 Å². The van der Waals surface area contributed by atoms with Crippen molar-refractivity contribution in [2.75, 3.05) is 27.7 Å². The minimum Gasteiger partial charge on any atom is -0.344 e. The molecule has 1 amide bonds. The van der Waals surface area contributed by atoms with Crippen molar-refractivity contribution in [3.05, 3.63) is 53.3 Å². The lowest BCUT2D eigenvalue weighted by Crippen LogP contribution is -2.39. The topological polar surface area (TPSA) is 52.2 Å². The molecule has 2 aromatic rings. The highest BCUT2D eigenvalue weighted by Crippen LogP contribution is 2.21. The predicted molar refractivity (Wildman–Crippen MR) is 87.5 cm³/mol. The number of aromatic nitrogens is 2. The maximum atomic E-state index is 12.8. The van der Waals surface area contributed by atoms with Crippen LogP contribution in [-0.4, -0.2) is 53.6 Å². The van der Waals surface area contributed by atoms with E-state index in [-0.39, 0.29) is 11.9 Å². The van der Waals surface area contributed by atoms with E-state index in [9.17, 15) is 4.79 Å². The molecule has 5 heteroatoms. The number of aromatic amines is 1. The first-order valence-corrected chi connectivity index (χ1v) is 7.44. The Bertz CT molecular complexity index is 607. The Balaban J connectivity index is 2.09. The minimum absolute atomic E-state index is 0.110. The molecule has 0 aliphatic rings. The summed E-state index contributed by atoms with van der Waals surface area (Å²) in [5.74, 6) is 0.110. The summed E-state index contributed by atoms with van der Waals surface area (Å²) in [7, 11) is 5.73. The number of carbonyl (C=O) groups excluding carboxylic acids is 1. The van der Waals surface area contributed by atoms with E-state index in [4.69, 9.17) is 0 Å². The molecule has 1 N–H and O–H groups in total. The van der Waals surface area contributed by atoms with Crippen molar-refractivity contribution < 1.29 is 4.79 Å². The van der Waals surface area contributed by atoms with Gasteiger partial charge >= 0.3 is 0 Å². The Morgan fingerprint density at radius 3 is 2.68 bits per heavy atom. The van der Waals surface area contributed by atoms with Gasteiger partial charge in [0.25, 0.3) is 0 Å². The monoisotopic (exact) mass is 300 g/mol. The number of hydrogen-bond acceptors (Lipinski definition) is 3. The second-order valence-corrected chi connectivity index (χ2v) is 5.90. The van der Waals surface area contributed by atoms with Crippen LogP contribution in [0.2, 0.25) is 0 Å². The zero-order chi connectivity index (χ0) is 16.1. The minimum atomic E-state index is -0.255. The summed E-state index contributed by atoms with van der Waals surface area (Å²) >= 11 is 0. The second kappa shape index (κ2) is 7.22. The molecule has 5 nitrogen and oxygen atoms in total. The number of amides is 1. The molecule has 22 heavy (non-hydrogen) atoms. The number of benzene rings is 1. The van der Waals surface area contributed by atoms with Gasteiger partial charge in [-0.05, 0) is 38.6 Å². The van der Waals surface area contributed by atoms with E-state index in [0.717, 1.165) is 17.5 Å². The molecular weight excluding hydrogens is 276 g/mol. The van der Waals surface area contributed by atoms with Crippen molar-refractivity contribution in [3.63, 3.8) is 0 Å². The maximum absolute atomic E-state index is 12.8. The van der Waals surface area contributed by atoms with Gasteiger partial charge in [0.1, 0.15) is 6.04 Å². The first kappa shape index (κ1) is 16.2. The van der Waals surface area contributed by atoms with Gasteiger partial charge in [0.15, 0.2) is 0 Å². The summed E-state index contributed by atoms with van der Waals surface area (Å²) in [6.45, 7) is 2.72. The number of aryl methyl sites for hydroxylation is 1. The molecule has 1 aromatic heterocycles. The standard InChI is InChI=1S/C17H24N4O/c1-13-6-5-7-15(10-13)16(20(2)3)17(22)21(4)9-8-14-11-18-19-12-14/h5-7,10-12,16H,8-9H2,1-4H3,(H,18,19)/t16-/m1/s1. The van der Waals surface area contributed by atoms with Crippen molar-refractivity contribution in [3.8, 4) is 0 Å². The van der Waals surface area contributed by atoms with E-state index < -0.39 is 0 Å². The van der Waals surface area contributed by atoms with Crippen molar-refractivity contribution in [2.45, 2.75) is 19.4 Å². The van der Waals surface area contributed by atoms with Crippen molar-refractivity contribution in [1.29, 1.82) is 0 Å². The number of hydrogen-bond donors (Lipinski definition) is 1. The second-order valence-electron chi connectivity index (χ2n) is 5.90. The summed E-state index contributed by atoms with van der Waals surface area (Å²) in [6, 6.07) is 7.88. The fraction of sp³-hybridized carbons (Fsp3) is 0.412. The summed E-state index contributed by atoms with van der Waals surface area (Å²) in [6.07, 6.45) is 4.46. The summed E-state index contributed by atoms with van der Waals surface area (Å²) in [5.41, 5.74) is 3.31. The van der Waals surface area contributed by atoms with Crippen LogP contribution < -0.4 is 0 Å². The van der Waals surface area contributed by atoms with E-state index in [2.05, 4.69) is 16.3 Å². The van der Waals surface area contributed by atoms with E-state index in [1.807, 2.05) is 57.4 Å². The fourth-order valence-corrected chi connectivity index (χ4v) is 2.53. The Morgan fingerprint density at radius 2 is 2.09 bits per heavy atom. The van der Waals surface area contributed by atoms with Crippen molar-refractivity contribution in [1.82, 2.24) is 20.0 Å². The fourth-order valence-electron chi connectivity index (χ4n) is 2.53. The van der Waals surface area contributed by atoms with Gasteiger partial charge in [0, 0.05) is 19.8 Å². The summed E-state index contributed by atoms with van der Waals surface area (Å²) in [4.78, 5) is 16.6. The van der Waals surface area contributed by atoms with E-state index in [1.165, 1.54) is 5.56 Å². The molecule has 1 atom stereocenters. The van der Waals surface area contributed by atoms with E-state index in [1.54, 1.807) is 11.1 Å². The smallest absolute Gasteiger partial charge is 0.244 e. The number of likely N-dealkylation sites (N-methyl/N-ethyl adjacent to an activating group) is 2. The van der Waals surface area contributed by atoms with Crippen LogP contribution >= 0.6 is 0 Å². The Kier molecular flexibility index (Phi) is 5.33. The molecule has 118 valence electrons. The molecule has 0 saturated heterocycles. The number of H-pyrrole nitrogens is 1. The Labute approximate surface area is 131 Å². The number of nitrogens with one attached hydrogen (secondary N) is 1. The molecular formula is C17H24N4O. The first-order chi connectivity index (χ1) is 10.5. The highest BCUT2D eigenvalue weighted by Gasteiger charge is 2.25. The quantitative estimate of drug-likeness (QED) is 0.888. The lowest BCUT2D eigenvalue weighted by atomic mass is 10.0. The average molecular weight is 300 g/mol. The molecule has 0 fully saturated rings. The molecule has 0 saturated carbocycles. The molecule has 0 aliphatic carbocycles. The Morgan fingerprint density at radius 1 is 1.32 bits per heavy atom. The van der Waals surface area contributed by atoms with Gasteiger partial charge in [-0.25, -0.2) is 0 Å². The van der Waals surface area contributed by atoms with Crippen LogP contribution in [-0.2, 0) is 11.2 Å². The lowest BCUT2D eigenvalue weighted by molar-refractivity contribution is -0.135. The van der Waals surface area contributed by atoms with Crippen LogP contribution in [0.15, 0.2) is 36.7 Å². The third kappa shape index (κ3) is 3.95. The van der Waals surface area contributed by atoms with Crippen LogP contribution in [0.25, 0.3) is 0 Å². The van der Waals surface area contributed by atoms with Gasteiger partial charge in [-0.15, -0.1) is 0 Å². The Hall–Kier alpha value is -2.14. The van der Waals surface area contributed by atoms with Crippen molar-refractivity contribution >= 4 is 5.91 Å². The third-order valence-corrected chi connectivity index (χ3v) is 3.78. The normalized spacial score (nSPS) is 12.4. The predicted octanol–water partition coefficient (Wildman–Crippen LogP) is 2.02. The van der Waals surface area contributed by atoms with Crippen LogP contribution in [0.5, 0.6) is 0 Å². The molecule has 0 bridgehead atoms. The van der Waals surface area contributed by atoms with Crippen LogP contribution in [0.3, 0.4) is 0 Å². The molecule has 0 spiro atoms. The van der Waals surface area contributed by atoms with E-state index in [0.29, 0.717) is 6.54 Å². The zero-order valence-electron chi connectivity index (χ0n) is 13.7. The number of nitrogens with zero attached hydrogens (tertiary/aromatic N) is 3. The highest BCUT2D eigenvalue weighted by atomic mass is 16.2. The van der Waals surface area contributed by atoms with Gasteiger partial charge < -0.3 is 4.90 Å². The molecule has 0 unspecified atom stereocenters. The van der Waals surface area contributed by atoms with Crippen LogP contribution in [0.4, 0.5) is 0 Å². The van der Waals surface area contributed by atoms with Gasteiger partial charge in [-0.3, -0.25) is 14.8 Å².